The quantitative estimate of drug-likeness (QED) is 0.546. The van der Waals surface area contributed by atoms with Gasteiger partial charge in [-0.2, -0.15) is 0 Å². The van der Waals surface area contributed by atoms with Gasteiger partial charge in [-0.15, -0.1) is 0 Å². The van der Waals surface area contributed by atoms with E-state index in [4.69, 9.17) is 0 Å². The summed E-state index contributed by atoms with van der Waals surface area (Å²) in [6.45, 7) is 2.53. The highest BCUT2D eigenvalue weighted by Crippen LogP contribution is 2.33. The van der Waals surface area contributed by atoms with Crippen molar-refractivity contribution < 1.29 is 14.8 Å². The van der Waals surface area contributed by atoms with Gasteiger partial charge in [-0.3, -0.25) is 14.9 Å². The lowest BCUT2D eigenvalue weighted by molar-refractivity contribution is -0.384. The summed E-state index contributed by atoms with van der Waals surface area (Å²) in [5.41, 5.74) is -0.296. The largest absolute Gasteiger partial charge is 0.388 e. The zero-order valence-corrected chi connectivity index (χ0v) is 11.9. The number of hydrogen-bond donors (Lipinski definition) is 3. The third kappa shape index (κ3) is 3.49. The maximum atomic E-state index is 11.8. The van der Waals surface area contributed by atoms with Crippen LogP contribution in [0, 0.1) is 10.1 Å². The van der Waals surface area contributed by atoms with Crippen molar-refractivity contribution in [1.29, 1.82) is 0 Å². The minimum Gasteiger partial charge on any atom is -0.388 e. The van der Waals surface area contributed by atoms with Crippen LogP contribution < -0.4 is 10.6 Å². The van der Waals surface area contributed by atoms with Crippen molar-refractivity contribution >= 4 is 17.3 Å². The Morgan fingerprint density at radius 1 is 1.48 bits per heavy atom. The Hall–Kier alpha value is -2.15. The molecule has 7 nitrogen and oxygen atoms in total. The lowest BCUT2D eigenvalue weighted by atomic mass is 9.80. The first-order valence-electron chi connectivity index (χ1n) is 6.98. The van der Waals surface area contributed by atoms with Gasteiger partial charge in [0.2, 0.25) is 0 Å². The molecule has 0 saturated heterocycles. The molecule has 1 aromatic rings. The van der Waals surface area contributed by atoms with Crippen LogP contribution in [0.3, 0.4) is 0 Å². The van der Waals surface area contributed by atoms with Gasteiger partial charge in [-0.1, -0.05) is 0 Å². The number of rotatable bonds is 6. The zero-order valence-electron chi connectivity index (χ0n) is 11.9. The number of nitro benzene ring substituents is 1. The van der Waals surface area contributed by atoms with E-state index < -0.39 is 10.5 Å². The molecular weight excluding hydrogens is 274 g/mol. The Bertz CT molecular complexity index is 555. The maximum absolute atomic E-state index is 11.8. The van der Waals surface area contributed by atoms with Crippen LogP contribution in [0.15, 0.2) is 18.2 Å². The number of anilines is 1. The summed E-state index contributed by atoms with van der Waals surface area (Å²) >= 11 is 0. The van der Waals surface area contributed by atoms with E-state index >= 15 is 0 Å². The van der Waals surface area contributed by atoms with E-state index in [2.05, 4.69) is 10.6 Å². The average Bonchev–Trinajstić information content (AvgIpc) is 2.42. The van der Waals surface area contributed by atoms with Crippen molar-refractivity contribution in [1.82, 2.24) is 5.32 Å². The summed E-state index contributed by atoms with van der Waals surface area (Å²) in [4.78, 5) is 22.3. The highest BCUT2D eigenvalue weighted by molar-refractivity contribution is 5.95. The Labute approximate surface area is 122 Å². The van der Waals surface area contributed by atoms with Gasteiger partial charge in [-0.05, 0) is 38.3 Å². The van der Waals surface area contributed by atoms with Crippen molar-refractivity contribution in [3.63, 3.8) is 0 Å². The summed E-state index contributed by atoms with van der Waals surface area (Å²) in [6, 6.07) is 4.18. The van der Waals surface area contributed by atoms with Crippen LogP contribution >= 0.6 is 0 Å². The molecule has 0 atom stereocenters. The topological polar surface area (TPSA) is 104 Å². The molecule has 1 fully saturated rings. The van der Waals surface area contributed by atoms with Crippen LogP contribution in [0.5, 0.6) is 0 Å². The number of nitrogens with zero attached hydrogens (tertiary/aromatic N) is 1. The van der Waals surface area contributed by atoms with Gasteiger partial charge in [-0.25, -0.2) is 0 Å². The standard InChI is InChI=1S/C14H19N3O4/c1-2-15-13(18)10-4-5-12(17(20)21)11(8-10)16-9-14(19)6-3-7-14/h4-5,8,16,19H,2-3,6-7,9H2,1H3,(H,15,18). The van der Waals surface area contributed by atoms with E-state index in [1.165, 1.54) is 18.2 Å². The summed E-state index contributed by atoms with van der Waals surface area (Å²) in [6.07, 6.45) is 2.33. The van der Waals surface area contributed by atoms with Crippen LogP contribution in [0.2, 0.25) is 0 Å². The summed E-state index contributed by atoms with van der Waals surface area (Å²) in [5.74, 6) is -0.280. The predicted octanol–water partition coefficient (Wildman–Crippen LogP) is 1.67. The molecule has 1 aromatic carbocycles. The molecule has 3 N–H and O–H groups in total. The number of aliphatic hydroxyl groups is 1. The third-order valence-electron chi connectivity index (χ3n) is 3.68. The van der Waals surface area contributed by atoms with E-state index in [1.807, 2.05) is 0 Å². The molecule has 0 unspecified atom stereocenters. The molecule has 2 rings (SSSR count). The molecule has 0 heterocycles. The number of hydrogen-bond acceptors (Lipinski definition) is 5. The van der Waals surface area contributed by atoms with Crippen LogP contribution in [-0.2, 0) is 0 Å². The number of amides is 1. The Kier molecular flexibility index (Phi) is 4.42. The molecule has 1 saturated carbocycles. The molecule has 0 aliphatic heterocycles. The second kappa shape index (κ2) is 6.09. The van der Waals surface area contributed by atoms with Gasteiger partial charge in [0.05, 0.1) is 10.5 Å². The second-order valence-electron chi connectivity index (χ2n) is 5.28. The molecule has 7 heteroatoms. The van der Waals surface area contributed by atoms with Gasteiger partial charge in [0, 0.05) is 24.7 Å². The van der Waals surface area contributed by atoms with Gasteiger partial charge in [0.1, 0.15) is 5.69 Å². The number of benzene rings is 1. The summed E-state index contributed by atoms with van der Waals surface area (Å²) < 4.78 is 0. The summed E-state index contributed by atoms with van der Waals surface area (Å²) in [7, 11) is 0. The van der Waals surface area contributed by atoms with Crippen molar-refractivity contribution in [2.75, 3.05) is 18.4 Å². The fraction of sp³-hybridized carbons (Fsp3) is 0.500. The molecule has 0 bridgehead atoms. The fourth-order valence-electron chi connectivity index (χ4n) is 2.26. The van der Waals surface area contributed by atoms with E-state index in [0.717, 1.165) is 6.42 Å². The van der Waals surface area contributed by atoms with E-state index in [9.17, 15) is 20.0 Å². The number of carbonyl (C=O) groups is 1. The van der Waals surface area contributed by atoms with Gasteiger partial charge in [0.25, 0.3) is 11.6 Å². The first kappa shape index (κ1) is 15.2. The Balaban J connectivity index is 2.20. The van der Waals surface area contributed by atoms with Crippen LogP contribution in [-0.4, -0.2) is 34.6 Å². The minimum atomic E-state index is -0.796. The van der Waals surface area contributed by atoms with E-state index in [0.29, 0.717) is 24.9 Å². The third-order valence-corrected chi connectivity index (χ3v) is 3.68. The number of carbonyl (C=O) groups excluding carboxylic acids is 1. The molecule has 0 aromatic heterocycles. The van der Waals surface area contributed by atoms with Gasteiger partial charge in [0.15, 0.2) is 0 Å². The first-order chi connectivity index (χ1) is 9.95. The smallest absolute Gasteiger partial charge is 0.292 e. The second-order valence-corrected chi connectivity index (χ2v) is 5.28. The summed E-state index contributed by atoms with van der Waals surface area (Å²) in [5, 5.41) is 26.6. The Morgan fingerprint density at radius 3 is 2.71 bits per heavy atom. The van der Waals surface area contributed by atoms with Gasteiger partial charge < -0.3 is 15.7 Å². The Morgan fingerprint density at radius 2 is 2.19 bits per heavy atom. The lowest BCUT2D eigenvalue weighted by Gasteiger charge is -2.36. The molecule has 0 radical (unpaired) electrons. The zero-order chi connectivity index (χ0) is 15.5. The SMILES string of the molecule is CCNC(=O)c1ccc([N+](=O)[O-])c(NCC2(O)CCC2)c1. The monoisotopic (exact) mass is 293 g/mol. The fourth-order valence-corrected chi connectivity index (χ4v) is 2.26. The van der Waals surface area contributed by atoms with Crippen molar-refractivity contribution in [2.24, 2.45) is 0 Å². The maximum Gasteiger partial charge on any atom is 0.292 e. The van der Waals surface area contributed by atoms with Crippen LogP contribution in [0.25, 0.3) is 0 Å². The van der Waals surface area contributed by atoms with Crippen molar-refractivity contribution in [3.8, 4) is 0 Å². The normalized spacial score (nSPS) is 15.9. The highest BCUT2D eigenvalue weighted by Gasteiger charge is 2.34. The van der Waals surface area contributed by atoms with E-state index in [-0.39, 0.29) is 23.8 Å². The van der Waals surface area contributed by atoms with Crippen LogP contribution in [0.1, 0.15) is 36.5 Å². The van der Waals surface area contributed by atoms with Crippen LogP contribution in [0.4, 0.5) is 11.4 Å². The van der Waals surface area contributed by atoms with Gasteiger partial charge >= 0.3 is 0 Å². The molecule has 114 valence electrons. The van der Waals surface area contributed by atoms with E-state index in [1.54, 1.807) is 6.92 Å². The molecule has 1 aliphatic carbocycles. The number of nitrogens with one attached hydrogen (secondary N) is 2. The predicted molar refractivity (Wildman–Crippen MR) is 78.4 cm³/mol. The molecule has 1 amide bonds. The minimum absolute atomic E-state index is 0.106. The molecule has 0 spiro atoms. The average molecular weight is 293 g/mol. The van der Waals surface area contributed by atoms with Crippen molar-refractivity contribution in [3.05, 3.63) is 33.9 Å². The highest BCUT2D eigenvalue weighted by atomic mass is 16.6. The lowest BCUT2D eigenvalue weighted by Crippen LogP contribution is -2.43. The molecule has 1 aliphatic rings. The van der Waals surface area contributed by atoms with Crippen molar-refractivity contribution in [2.45, 2.75) is 31.8 Å². The number of nitro groups is 1. The molecule has 21 heavy (non-hydrogen) atoms. The first-order valence-corrected chi connectivity index (χ1v) is 6.98. The molecular formula is C14H19N3O4.